The monoisotopic (exact) mass is 274 g/mol. The van der Waals surface area contributed by atoms with E-state index in [-0.39, 0.29) is 5.91 Å². The zero-order valence-electron chi connectivity index (χ0n) is 10.1. The first-order chi connectivity index (χ1) is 8.13. The van der Waals surface area contributed by atoms with Crippen LogP contribution in [0.15, 0.2) is 5.38 Å². The number of carbonyl (C=O) groups is 1. The van der Waals surface area contributed by atoms with Crippen LogP contribution in [0.3, 0.4) is 0 Å². The number of nitrogens with one attached hydrogen (secondary N) is 1. The lowest BCUT2D eigenvalue weighted by molar-refractivity contribution is -0.129. The number of thiazole rings is 1. The summed E-state index contributed by atoms with van der Waals surface area (Å²) in [6, 6.07) is 0. The Labute approximate surface area is 110 Å². The molecule has 0 saturated carbocycles. The van der Waals surface area contributed by atoms with Crippen LogP contribution in [0.5, 0.6) is 0 Å². The van der Waals surface area contributed by atoms with E-state index in [0.717, 1.165) is 22.9 Å². The van der Waals surface area contributed by atoms with Crippen LogP contribution >= 0.6 is 23.1 Å². The summed E-state index contributed by atoms with van der Waals surface area (Å²) >= 11 is 3.22. The minimum Gasteiger partial charge on any atom is -0.383 e. The number of aliphatic hydroxyl groups is 1. The molecule has 0 aromatic carbocycles. The largest absolute Gasteiger partial charge is 0.383 e. The number of thioether (sulfide) groups is 1. The third-order valence-corrected chi connectivity index (χ3v) is 3.87. The summed E-state index contributed by atoms with van der Waals surface area (Å²) in [6.07, 6.45) is 2.29. The number of aryl methyl sites for hydroxylation is 1. The van der Waals surface area contributed by atoms with Gasteiger partial charge in [-0.05, 0) is 25.4 Å². The summed E-state index contributed by atoms with van der Waals surface area (Å²) < 4.78 is 0. The summed E-state index contributed by atoms with van der Waals surface area (Å²) in [5.41, 5.74) is 1.01. The average Bonchev–Trinajstić information content (AvgIpc) is 2.71. The minimum atomic E-state index is -0.888. The molecule has 0 bridgehead atoms. The SMILES string of the molecule is CSCC[C@@H](O)C(=O)NCCc1nc(C)cs1. The maximum Gasteiger partial charge on any atom is 0.248 e. The van der Waals surface area contributed by atoms with E-state index in [0.29, 0.717) is 13.0 Å². The van der Waals surface area contributed by atoms with Crippen LogP contribution in [0.1, 0.15) is 17.1 Å². The number of nitrogens with zero attached hydrogens (tertiary/aromatic N) is 1. The molecule has 0 saturated heterocycles. The molecule has 0 aliphatic heterocycles. The molecule has 1 rings (SSSR count). The molecule has 0 aliphatic rings. The van der Waals surface area contributed by atoms with Crippen molar-refractivity contribution in [1.82, 2.24) is 10.3 Å². The van der Waals surface area contributed by atoms with Gasteiger partial charge in [-0.1, -0.05) is 0 Å². The summed E-state index contributed by atoms with van der Waals surface area (Å²) in [5, 5.41) is 15.2. The number of aromatic nitrogens is 1. The van der Waals surface area contributed by atoms with Gasteiger partial charge >= 0.3 is 0 Å². The Balaban J connectivity index is 2.19. The van der Waals surface area contributed by atoms with E-state index in [1.54, 1.807) is 23.1 Å². The molecule has 1 heterocycles. The molecule has 2 N–H and O–H groups in total. The third kappa shape index (κ3) is 5.52. The van der Waals surface area contributed by atoms with Crippen molar-refractivity contribution in [3.8, 4) is 0 Å². The van der Waals surface area contributed by atoms with E-state index in [9.17, 15) is 9.90 Å². The van der Waals surface area contributed by atoms with Gasteiger partial charge in [0, 0.05) is 24.0 Å². The molecule has 1 amide bonds. The van der Waals surface area contributed by atoms with Gasteiger partial charge in [0.15, 0.2) is 0 Å². The molecule has 4 nitrogen and oxygen atoms in total. The lowest BCUT2D eigenvalue weighted by atomic mass is 10.2. The molecule has 96 valence electrons. The molecule has 17 heavy (non-hydrogen) atoms. The fourth-order valence-corrected chi connectivity index (χ4v) is 2.52. The molecular formula is C11H18N2O2S2. The summed E-state index contributed by atoms with van der Waals surface area (Å²) in [4.78, 5) is 15.8. The van der Waals surface area contributed by atoms with Crippen molar-refractivity contribution in [2.24, 2.45) is 0 Å². The van der Waals surface area contributed by atoms with Crippen molar-refractivity contribution in [2.45, 2.75) is 25.9 Å². The number of aliphatic hydroxyl groups excluding tert-OH is 1. The van der Waals surface area contributed by atoms with Crippen LogP contribution in [0.4, 0.5) is 0 Å². The van der Waals surface area contributed by atoms with Gasteiger partial charge in [0.05, 0.1) is 5.01 Å². The van der Waals surface area contributed by atoms with E-state index < -0.39 is 6.10 Å². The lowest BCUT2D eigenvalue weighted by Crippen LogP contribution is -2.36. The first-order valence-corrected chi connectivity index (χ1v) is 7.76. The number of carbonyl (C=O) groups excluding carboxylic acids is 1. The maximum absolute atomic E-state index is 11.5. The Morgan fingerprint density at radius 3 is 3.06 bits per heavy atom. The standard InChI is InChI=1S/C11H18N2O2S2/c1-8-7-17-10(13-8)3-5-12-11(15)9(14)4-6-16-2/h7,9,14H,3-6H2,1-2H3,(H,12,15)/t9-/m1/s1. The third-order valence-electron chi connectivity index (χ3n) is 2.20. The Morgan fingerprint density at radius 2 is 2.47 bits per heavy atom. The maximum atomic E-state index is 11.5. The summed E-state index contributed by atoms with van der Waals surface area (Å²) in [6.45, 7) is 2.48. The molecule has 1 aromatic heterocycles. The molecule has 0 unspecified atom stereocenters. The van der Waals surface area contributed by atoms with Crippen molar-refractivity contribution in [2.75, 3.05) is 18.6 Å². The Bertz CT molecular complexity index is 355. The van der Waals surface area contributed by atoms with Crippen LogP contribution in [0, 0.1) is 6.92 Å². The topological polar surface area (TPSA) is 62.2 Å². The van der Waals surface area contributed by atoms with Gasteiger partial charge in [-0.15, -0.1) is 11.3 Å². The molecule has 6 heteroatoms. The van der Waals surface area contributed by atoms with E-state index >= 15 is 0 Å². The highest BCUT2D eigenvalue weighted by molar-refractivity contribution is 7.98. The average molecular weight is 274 g/mol. The summed E-state index contributed by atoms with van der Waals surface area (Å²) in [5.74, 6) is 0.507. The number of hydrogen-bond donors (Lipinski definition) is 2. The normalized spacial score (nSPS) is 12.4. The number of amides is 1. The number of hydrogen-bond acceptors (Lipinski definition) is 5. The minimum absolute atomic E-state index is 0.285. The van der Waals surface area contributed by atoms with Crippen LogP contribution in [0.25, 0.3) is 0 Å². The predicted molar refractivity (Wildman–Crippen MR) is 72.6 cm³/mol. The molecule has 0 spiro atoms. The second kappa shape index (κ2) is 7.68. The van der Waals surface area contributed by atoms with Crippen molar-refractivity contribution in [3.63, 3.8) is 0 Å². The second-order valence-corrected chi connectivity index (χ2v) is 5.65. The van der Waals surface area contributed by atoms with Gasteiger partial charge in [0.25, 0.3) is 0 Å². The van der Waals surface area contributed by atoms with E-state index in [2.05, 4.69) is 10.3 Å². The van der Waals surface area contributed by atoms with Gasteiger partial charge in [0.1, 0.15) is 6.10 Å². The Hall–Kier alpha value is -0.590. The van der Waals surface area contributed by atoms with Gasteiger partial charge in [0.2, 0.25) is 5.91 Å². The molecule has 0 fully saturated rings. The first-order valence-electron chi connectivity index (χ1n) is 5.49. The molecule has 0 aliphatic carbocycles. The highest BCUT2D eigenvalue weighted by Gasteiger charge is 2.13. The second-order valence-electron chi connectivity index (χ2n) is 3.72. The van der Waals surface area contributed by atoms with E-state index in [4.69, 9.17) is 0 Å². The fraction of sp³-hybridized carbons (Fsp3) is 0.636. The van der Waals surface area contributed by atoms with E-state index in [1.807, 2.05) is 18.6 Å². The lowest BCUT2D eigenvalue weighted by Gasteiger charge is -2.09. The smallest absolute Gasteiger partial charge is 0.248 e. The highest BCUT2D eigenvalue weighted by Crippen LogP contribution is 2.08. The molecule has 1 aromatic rings. The van der Waals surface area contributed by atoms with Crippen molar-refractivity contribution in [1.29, 1.82) is 0 Å². The van der Waals surface area contributed by atoms with E-state index in [1.165, 1.54) is 0 Å². The van der Waals surface area contributed by atoms with Crippen LogP contribution in [-0.2, 0) is 11.2 Å². The van der Waals surface area contributed by atoms with Crippen LogP contribution in [0.2, 0.25) is 0 Å². The van der Waals surface area contributed by atoms with Crippen LogP contribution in [-0.4, -0.2) is 40.7 Å². The predicted octanol–water partition coefficient (Wildman–Crippen LogP) is 1.22. The van der Waals surface area contributed by atoms with Gasteiger partial charge in [-0.3, -0.25) is 4.79 Å². The quantitative estimate of drug-likeness (QED) is 0.785. The molecular weight excluding hydrogens is 256 g/mol. The molecule has 0 radical (unpaired) electrons. The zero-order valence-corrected chi connectivity index (χ0v) is 11.7. The van der Waals surface area contributed by atoms with Crippen LogP contribution < -0.4 is 5.32 Å². The van der Waals surface area contributed by atoms with Gasteiger partial charge in [-0.25, -0.2) is 4.98 Å². The van der Waals surface area contributed by atoms with Crippen molar-refractivity contribution < 1.29 is 9.90 Å². The Morgan fingerprint density at radius 1 is 1.71 bits per heavy atom. The Kier molecular flexibility index (Phi) is 6.54. The van der Waals surface area contributed by atoms with Gasteiger partial charge in [-0.2, -0.15) is 11.8 Å². The molecule has 1 atom stereocenters. The summed E-state index contributed by atoms with van der Waals surface area (Å²) in [7, 11) is 0. The fourth-order valence-electron chi connectivity index (χ4n) is 1.29. The first kappa shape index (κ1) is 14.5. The van der Waals surface area contributed by atoms with Gasteiger partial charge < -0.3 is 10.4 Å². The highest BCUT2D eigenvalue weighted by atomic mass is 32.2. The van der Waals surface area contributed by atoms with Crippen molar-refractivity contribution >= 4 is 29.0 Å². The van der Waals surface area contributed by atoms with Crippen molar-refractivity contribution in [3.05, 3.63) is 16.1 Å². The number of rotatable bonds is 7. The zero-order chi connectivity index (χ0) is 12.7.